The molecule has 0 amide bonds. The quantitative estimate of drug-likeness (QED) is 0.455. The average molecular weight is 380 g/mol. The van der Waals surface area contributed by atoms with Crippen molar-refractivity contribution in [2.24, 2.45) is 0 Å². The molecule has 3 rings (SSSR count). The Morgan fingerprint density at radius 1 is 1.36 bits per heavy atom. The number of ether oxygens (including phenoxy) is 1. The lowest BCUT2D eigenvalue weighted by Crippen LogP contribution is -2.36. The maximum Gasteiger partial charge on any atom is 0.256 e. The van der Waals surface area contributed by atoms with Crippen LogP contribution >= 0.6 is 23.4 Å². The highest BCUT2D eigenvalue weighted by Crippen LogP contribution is 2.22. The van der Waals surface area contributed by atoms with Gasteiger partial charge in [-0.3, -0.25) is 9.69 Å². The summed E-state index contributed by atoms with van der Waals surface area (Å²) in [4.78, 5) is 22.3. The van der Waals surface area contributed by atoms with Crippen LogP contribution in [-0.2, 0) is 23.5 Å². The number of thioether (sulfide) groups is 1. The summed E-state index contributed by atoms with van der Waals surface area (Å²) < 4.78 is 5.09. The highest BCUT2D eigenvalue weighted by Gasteiger charge is 2.20. The Morgan fingerprint density at radius 3 is 2.92 bits per heavy atom. The Balaban J connectivity index is 1.64. The lowest BCUT2D eigenvalue weighted by Gasteiger charge is -2.27. The van der Waals surface area contributed by atoms with E-state index in [2.05, 4.69) is 14.9 Å². The number of hydrogen-bond acceptors (Lipinski definition) is 5. The Labute approximate surface area is 156 Å². The topological polar surface area (TPSA) is 58.2 Å². The molecule has 0 spiro atoms. The van der Waals surface area contributed by atoms with Crippen molar-refractivity contribution in [2.45, 2.75) is 30.3 Å². The van der Waals surface area contributed by atoms with Crippen LogP contribution in [0, 0.1) is 0 Å². The van der Waals surface area contributed by atoms with Gasteiger partial charge in [0.05, 0.1) is 11.3 Å². The number of aromatic amines is 1. The van der Waals surface area contributed by atoms with Gasteiger partial charge in [0.25, 0.3) is 5.56 Å². The van der Waals surface area contributed by atoms with E-state index in [1.54, 1.807) is 18.9 Å². The molecule has 2 heterocycles. The first-order valence-electron chi connectivity index (χ1n) is 8.36. The monoisotopic (exact) mass is 379 g/mol. The third kappa shape index (κ3) is 5.07. The minimum atomic E-state index is -0.0138. The van der Waals surface area contributed by atoms with E-state index >= 15 is 0 Å². The summed E-state index contributed by atoms with van der Waals surface area (Å²) in [7, 11) is 1.71. The van der Waals surface area contributed by atoms with Gasteiger partial charge in [-0.1, -0.05) is 35.5 Å². The standard InChI is InChI=1S/C18H22ClN3O2S/c1-24-10-2-8-22-9-7-16-15(11-22)17(23)21-18(20-16)25-12-13-3-5-14(19)6-4-13/h3-6H,2,7-12H2,1H3,(H,20,21,23). The van der Waals surface area contributed by atoms with Gasteiger partial charge < -0.3 is 9.72 Å². The first kappa shape index (κ1) is 18.5. The van der Waals surface area contributed by atoms with Crippen molar-refractivity contribution < 1.29 is 4.74 Å². The molecular formula is C18H22ClN3O2S. The lowest BCUT2D eigenvalue weighted by molar-refractivity contribution is 0.166. The first-order valence-corrected chi connectivity index (χ1v) is 9.72. The number of nitrogens with one attached hydrogen (secondary N) is 1. The second-order valence-electron chi connectivity index (χ2n) is 6.08. The molecular weight excluding hydrogens is 358 g/mol. The summed E-state index contributed by atoms with van der Waals surface area (Å²) >= 11 is 7.45. The average Bonchev–Trinajstić information content (AvgIpc) is 2.62. The van der Waals surface area contributed by atoms with Gasteiger partial charge in [-0.15, -0.1) is 0 Å². The number of hydrogen-bond donors (Lipinski definition) is 1. The molecule has 1 N–H and O–H groups in total. The second kappa shape index (κ2) is 8.85. The van der Waals surface area contributed by atoms with Gasteiger partial charge in [-0.25, -0.2) is 4.98 Å². The highest BCUT2D eigenvalue weighted by atomic mass is 35.5. The molecule has 0 bridgehead atoms. The number of nitrogens with zero attached hydrogens (tertiary/aromatic N) is 2. The zero-order chi connectivity index (χ0) is 17.6. The van der Waals surface area contributed by atoms with Crippen LogP contribution in [0.1, 0.15) is 23.2 Å². The fraction of sp³-hybridized carbons (Fsp3) is 0.444. The van der Waals surface area contributed by atoms with Crippen LogP contribution < -0.4 is 5.56 Å². The van der Waals surface area contributed by atoms with Crippen LogP contribution in [0.25, 0.3) is 0 Å². The zero-order valence-electron chi connectivity index (χ0n) is 14.3. The van der Waals surface area contributed by atoms with Crippen molar-refractivity contribution in [3.8, 4) is 0 Å². The number of methoxy groups -OCH3 is 1. The van der Waals surface area contributed by atoms with Crippen LogP contribution in [0.5, 0.6) is 0 Å². The van der Waals surface area contributed by atoms with E-state index in [0.717, 1.165) is 60.1 Å². The summed E-state index contributed by atoms with van der Waals surface area (Å²) in [6, 6.07) is 7.73. The fourth-order valence-corrected chi connectivity index (χ4v) is 3.84. The second-order valence-corrected chi connectivity index (χ2v) is 7.48. The van der Waals surface area contributed by atoms with Gasteiger partial charge in [-0.05, 0) is 24.1 Å². The molecule has 1 aromatic carbocycles. The summed E-state index contributed by atoms with van der Waals surface area (Å²) in [6.07, 6.45) is 1.80. The highest BCUT2D eigenvalue weighted by molar-refractivity contribution is 7.98. The predicted molar refractivity (Wildman–Crippen MR) is 101 cm³/mol. The molecule has 0 unspecified atom stereocenters. The maximum absolute atomic E-state index is 12.4. The van der Waals surface area contributed by atoms with Crippen molar-refractivity contribution in [3.05, 3.63) is 56.5 Å². The minimum absolute atomic E-state index is 0.0138. The molecule has 0 fully saturated rings. The van der Waals surface area contributed by atoms with Crippen molar-refractivity contribution in [3.63, 3.8) is 0 Å². The third-order valence-electron chi connectivity index (χ3n) is 4.24. The van der Waals surface area contributed by atoms with E-state index in [1.807, 2.05) is 24.3 Å². The van der Waals surface area contributed by atoms with Gasteiger partial charge in [0.1, 0.15) is 0 Å². The Morgan fingerprint density at radius 2 is 2.16 bits per heavy atom. The number of halogens is 1. The van der Waals surface area contributed by atoms with Gasteiger partial charge >= 0.3 is 0 Å². The van der Waals surface area contributed by atoms with E-state index in [4.69, 9.17) is 16.3 Å². The van der Waals surface area contributed by atoms with Crippen molar-refractivity contribution in [1.29, 1.82) is 0 Å². The largest absolute Gasteiger partial charge is 0.385 e. The lowest BCUT2D eigenvalue weighted by atomic mass is 10.1. The number of rotatable bonds is 7. The normalized spacial score (nSPS) is 14.5. The summed E-state index contributed by atoms with van der Waals surface area (Å²) in [6.45, 7) is 3.30. The Bertz CT molecular complexity index is 764. The van der Waals surface area contributed by atoms with E-state index in [1.165, 1.54) is 0 Å². The molecule has 7 heteroatoms. The smallest absolute Gasteiger partial charge is 0.256 e. The van der Waals surface area contributed by atoms with Crippen molar-refractivity contribution >= 4 is 23.4 Å². The zero-order valence-corrected chi connectivity index (χ0v) is 15.8. The predicted octanol–water partition coefficient (Wildman–Crippen LogP) is 3.11. The molecule has 1 aromatic heterocycles. The van der Waals surface area contributed by atoms with Gasteiger partial charge in [0.15, 0.2) is 5.16 Å². The van der Waals surface area contributed by atoms with Crippen molar-refractivity contribution in [1.82, 2.24) is 14.9 Å². The maximum atomic E-state index is 12.4. The molecule has 2 aromatic rings. The number of fused-ring (bicyclic) bond motifs is 1. The third-order valence-corrected chi connectivity index (χ3v) is 5.43. The molecule has 0 aliphatic carbocycles. The molecule has 134 valence electrons. The molecule has 1 aliphatic rings. The van der Waals surface area contributed by atoms with Crippen LogP contribution in [0.2, 0.25) is 5.02 Å². The van der Waals surface area contributed by atoms with E-state index in [-0.39, 0.29) is 5.56 Å². The minimum Gasteiger partial charge on any atom is -0.385 e. The summed E-state index contributed by atoms with van der Waals surface area (Å²) in [5.41, 5.74) is 2.88. The molecule has 0 saturated carbocycles. The van der Waals surface area contributed by atoms with Crippen LogP contribution in [0.3, 0.4) is 0 Å². The van der Waals surface area contributed by atoms with Gasteiger partial charge in [-0.2, -0.15) is 0 Å². The number of H-pyrrole nitrogens is 1. The Hall–Kier alpha value is -1.34. The van der Waals surface area contributed by atoms with E-state index in [9.17, 15) is 4.79 Å². The summed E-state index contributed by atoms with van der Waals surface area (Å²) in [5.74, 6) is 0.752. The van der Waals surface area contributed by atoms with E-state index < -0.39 is 0 Å². The number of benzene rings is 1. The van der Waals surface area contributed by atoms with Gasteiger partial charge in [0.2, 0.25) is 0 Å². The molecule has 5 nitrogen and oxygen atoms in total. The first-order chi connectivity index (χ1) is 12.2. The molecule has 1 aliphatic heterocycles. The molecule has 0 saturated heterocycles. The Kier molecular flexibility index (Phi) is 6.53. The van der Waals surface area contributed by atoms with Crippen LogP contribution in [-0.4, -0.2) is 41.7 Å². The number of aromatic nitrogens is 2. The van der Waals surface area contributed by atoms with E-state index in [0.29, 0.717) is 11.7 Å². The van der Waals surface area contributed by atoms with Crippen molar-refractivity contribution in [2.75, 3.05) is 26.8 Å². The fourth-order valence-electron chi connectivity index (χ4n) is 2.88. The molecule has 0 radical (unpaired) electrons. The SMILES string of the molecule is COCCCN1CCc2nc(SCc3ccc(Cl)cc3)[nH]c(=O)c2C1. The molecule has 0 atom stereocenters. The summed E-state index contributed by atoms with van der Waals surface area (Å²) in [5, 5.41) is 1.41. The van der Waals surface area contributed by atoms with Crippen LogP contribution in [0.15, 0.2) is 34.2 Å². The molecule has 25 heavy (non-hydrogen) atoms. The van der Waals surface area contributed by atoms with Crippen LogP contribution in [0.4, 0.5) is 0 Å². The van der Waals surface area contributed by atoms with Gasteiger partial charge in [0, 0.05) is 50.5 Å².